The van der Waals surface area contributed by atoms with Gasteiger partial charge >= 0.3 is 0 Å². The fourth-order valence-corrected chi connectivity index (χ4v) is 2.66. The van der Waals surface area contributed by atoms with Crippen LogP contribution >= 0.6 is 11.6 Å². The number of hydrogen-bond donors (Lipinski definition) is 1. The molecule has 0 radical (unpaired) electrons. The maximum atomic E-state index is 11.0. The summed E-state index contributed by atoms with van der Waals surface area (Å²) in [5, 5.41) is 14.7. The second-order valence-electron chi connectivity index (χ2n) is 5.52. The molecule has 6 heteroatoms. The molecule has 20 heavy (non-hydrogen) atoms. The molecule has 2 rings (SSSR count). The van der Waals surface area contributed by atoms with Crippen LogP contribution in [0.3, 0.4) is 0 Å². The number of nitrogens with one attached hydrogen (secondary N) is 1. The minimum Gasteiger partial charge on any atom is -0.381 e. The third-order valence-corrected chi connectivity index (χ3v) is 4.20. The Morgan fingerprint density at radius 1 is 1.45 bits per heavy atom. The van der Waals surface area contributed by atoms with E-state index in [1.807, 2.05) is 0 Å². The van der Waals surface area contributed by atoms with E-state index in [9.17, 15) is 10.1 Å². The average molecular weight is 299 g/mol. The molecule has 1 heterocycles. The van der Waals surface area contributed by atoms with Gasteiger partial charge in [-0.15, -0.1) is 0 Å². The lowest BCUT2D eigenvalue weighted by atomic mass is 9.82. The zero-order valence-corrected chi connectivity index (χ0v) is 12.3. The molecule has 5 nitrogen and oxygen atoms in total. The summed E-state index contributed by atoms with van der Waals surface area (Å²) in [5.41, 5.74) is 0.811. The van der Waals surface area contributed by atoms with Gasteiger partial charge in [0.05, 0.1) is 15.5 Å². The molecule has 0 amide bonds. The summed E-state index contributed by atoms with van der Waals surface area (Å²) in [5.74, 6) is 0. The molecule has 1 aromatic carbocycles. The molecule has 110 valence electrons. The van der Waals surface area contributed by atoms with Crippen LogP contribution in [0.25, 0.3) is 0 Å². The predicted molar refractivity (Wildman–Crippen MR) is 78.0 cm³/mol. The zero-order chi connectivity index (χ0) is 14.6. The van der Waals surface area contributed by atoms with Crippen LogP contribution in [0.1, 0.15) is 25.3 Å². The summed E-state index contributed by atoms with van der Waals surface area (Å²) in [4.78, 5) is 10.6. The monoisotopic (exact) mass is 298 g/mol. The van der Waals surface area contributed by atoms with E-state index in [1.165, 1.54) is 6.07 Å². The molecule has 0 aromatic heterocycles. The molecular weight excluding hydrogens is 280 g/mol. The number of ether oxygens (including phenoxy) is 1. The quantitative estimate of drug-likeness (QED) is 0.670. The predicted octanol–water partition coefficient (Wildman–Crippen LogP) is 3.15. The third kappa shape index (κ3) is 3.69. The highest BCUT2D eigenvalue weighted by atomic mass is 35.5. The van der Waals surface area contributed by atoms with Crippen molar-refractivity contribution in [2.75, 3.05) is 19.8 Å². The third-order valence-electron chi connectivity index (χ3n) is 3.84. The molecule has 1 aromatic rings. The molecule has 1 saturated heterocycles. The first-order valence-electron chi connectivity index (χ1n) is 6.72. The van der Waals surface area contributed by atoms with E-state index >= 15 is 0 Å². The van der Waals surface area contributed by atoms with Gasteiger partial charge in [0.2, 0.25) is 0 Å². The van der Waals surface area contributed by atoms with Crippen LogP contribution in [-0.4, -0.2) is 24.7 Å². The molecule has 1 aliphatic heterocycles. The van der Waals surface area contributed by atoms with Crippen molar-refractivity contribution in [3.8, 4) is 0 Å². The van der Waals surface area contributed by atoms with Crippen molar-refractivity contribution in [2.24, 2.45) is 5.41 Å². The highest BCUT2D eigenvalue weighted by Crippen LogP contribution is 2.30. The van der Waals surface area contributed by atoms with Crippen LogP contribution in [0.4, 0.5) is 5.69 Å². The van der Waals surface area contributed by atoms with E-state index < -0.39 is 0 Å². The van der Waals surface area contributed by atoms with Crippen molar-refractivity contribution < 1.29 is 9.66 Å². The first kappa shape index (κ1) is 15.2. The summed E-state index contributed by atoms with van der Waals surface area (Å²) in [6.45, 7) is 4.99. The van der Waals surface area contributed by atoms with Crippen LogP contribution in [-0.2, 0) is 11.3 Å². The number of benzene rings is 1. The Labute approximate surface area is 123 Å². The Morgan fingerprint density at radius 3 is 2.80 bits per heavy atom. The van der Waals surface area contributed by atoms with E-state index in [0.717, 1.165) is 32.6 Å². The average Bonchev–Trinajstić information content (AvgIpc) is 2.41. The summed E-state index contributed by atoms with van der Waals surface area (Å²) in [6, 6.07) is 4.77. The van der Waals surface area contributed by atoms with Gasteiger partial charge in [-0.2, -0.15) is 0 Å². The lowest BCUT2D eigenvalue weighted by Crippen LogP contribution is -2.36. The van der Waals surface area contributed by atoms with Crippen LogP contribution in [0.5, 0.6) is 0 Å². The molecular formula is C14H19ClN2O3. The number of nitrogens with zero attached hydrogens (tertiary/aromatic N) is 1. The molecule has 0 bridgehead atoms. The Morgan fingerprint density at radius 2 is 2.15 bits per heavy atom. The lowest BCUT2D eigenvalue weighted by Gasteiger charge is -2.33. The number of nitro groups is 1. The van der Waals surface area contributed by atoms with Gasteiger partial charge in [-0.1, -0.05) is 24.6 Å². The number of hydrogen-bond acceptors (Lipinski definition) is 4. The zero-order valence-electron chi connectivity index (χ0n) is 11.5. The van der Waals surface area contributed by atoms with Gasteiger partial charge in [0.15, 0.2) is 0 Å². The van der Waals surface area contributed by atoms with Crippen molar-refractivity contribution in [1.29, 1.82) is 0 Å². The Kier molecular flexibility index (Phi) is 4.96. The van der Waals surface area contributed by atoms with Gasteiger partial charge in [-0.25, -0.2) is 0 Å². The van der Waals surface area contributed by atoms with E-state index in [0.29, 0.717) is 17.1 Å². The van der Waals surface area contributed by atoms with Crippen molar-refractivity contribution in [2.45, 2.75) is 26.3 Å². The second kappa shape index (κ2) is 6.52. The number of rotatable bonds is 5. The molecule has 1 N–H and O–H groups in total. The van der Waals surface area contributed by atoms with Gasteiger partial charge in [0, 0.05) is 32.4 Å². The maximum Gasteiger partial charge on any atom is 0.275 e. The first-order valence-corrected chi connectivity index (χ1v) is 7.10. The van der Waals surface area contributed by atoms with Crippen LogP contribution in [0, 0.1) is 15.5 Å². The normalized spacial score (nSPS) is 17.9. The molecule has 0 saturated carbocycles. The van der Waals surface area contributed by atoms with Gasteiger partial charge in [0.25, 0.3) is 5.69 Å². The van der Waals surface area contributed by atoms with Gasteiger partial charge in [-0.05, 0) is 24.3 Å². The van der Waals surface area contributed by atoms with Crippen LogP contribution < -0.4 is 5.32 Å². The smallest absolute Gasteiger partial charge is 0.275 e. The minimum atomic E-state index is -0.390. The van der Waals surface area contributed by atoms with Gasteiger partial charge in [0.1, 0.15) is 0 Å². The highest BCUT2D eigenvalue weighted by molar-refractivity contribution is 6.31. The Bertz CT molecular complexity index is 487. The molecule has 1 fully saturated rings. The summed E-state index contributed by atoms with van der Waals surface area (Å²) < 4.78 is 5.36. The van der Waals surface area contributed by atoms with Crippen molar-refractivity contribution in [3.05, 3.63) is 38.9 Å². The second-order valence-corrected chi connectivity index (χ2v) is 5.93. The maximum absolute atomic E-state index is 11.0. The van der Waals surface area contributed by atoms with E-state index in [1.54, 1.807) is 12.1 Å². The van der Waals surface area contributed by atoms with E-state index in [2.05, 4.69) is 12.2 Å². The fraction of sp³-hybridized carbons (Fsp3) is 0.571. The first-order chi connectivity index (χ1) is 9.52. The highest BCUT2D eigenvalue weighted by Gasteiger charge is 2.27. The van der Waals surface area contributed by atoms with Crippen molar-refractivity contribution in [1.82, 2.24) is 5.32 Å². The molecule has 0 spiro atoms. The van der Waals surface area contributed by atoms with E-state index in [4.69, 9.17) is 16.3 Å². The Hall–Kier alpha value is -1.17. The SMILES string of the molecule is CC1(CNCc2c(Cl)cccc2[N+](=O)[O-])CCOCC1. The summed E-state index contributed by atoms with van der Waals surface area (Å²) in [6.07, 6.45) is 2.01. The fourth-order valence-electron chi connectivity index (χ4n) is 2.42. The number of halogens is 1. The minimum absolute atomic E-state index is 0.0714. The van der Waals surface area contributed by atoms with E-state index in [-0.39, 0.29) is 16.0 Å². The van der Waals surface area contributed by atoms with Crippen molar-refractivity contribution >= 4 is 17.3 Å². The van der Waals surface area contributed by atoms with Crippen LogP contribution in [0.15, 0.2) is 18.2 Å². The van der Waals surface area contributed by atoms with Gasteiger partial charge in [-0.3, -0.25) is 10.1 Å². The molecule has 1 aliphatic rings. The number of nitro benzene ring substituents is 1. The molecule has 0 unspecified atom stereocenters. The lowest BCUT2D eigenvalue weighted by molar-refractivity contribution is -0.385. The molecule has 0 aliphatic carbocycles. The largest absolute Gasteiger partial charge is 0.381 e. The van der Waals surface area contributed by atoms with Crippen molar-refractivity contribution in [3.63, 3.8) is 0 Å². The molecule has 0 atom stereocenters. The summed E-state index contributed by atoms with van der Waals surface area (Å²) >= 11 is 6.07. The topological polar surface area (TPSA) is 64.4 Å². The summed E-state index contributed by atoms with van der Waals surface area (Å²) in [7, 11) is 0. The standard InChI is InChI=1S/C14H19ClN2O3/c1-14(5-7-20-8-6-14)10-16-9-11-12(15)3-2-4-13(11)17(18)19/h2-4,16H,5-10H2,1H3. The van der Waals surface area contributed by atoms with Crippen LogP contribution in [0.2, 0.25) is 5.02 Å². The Balaban J connectivity index is 1.99. The van der Waals surface area contributed by atoms with Gasteiger partial charge < -0.3 is 10.1 Å².